The summed E-state index contributed by atoms with van der Waals surface area (Å²) in [6.07, 6.45) is 1.23. The first-order valence-corrected chi connectivity index (χ1v) is 6.21. The minimum absolute atomic E-state index is 0.0835. The fraction of sp³-hybridized carbons (Fsp3) is 0. The molecule has 0 radical (unpaired) electrons. The maximum Gasteiger partial charge on any atom is 0.276 e. The number of nitro benzene ring substituents is 1. The average molecular weight is 299 g/mol. The first-order chi connectivity index (χ1) is 10.5. The highest BCUT2D eigenvalue weighted by molar-refractivity contribution is 6.15. The fourth-order valence-electron chi connectivity index (χ4n) is 2.14. The molecule has 0 atom stereocenters. The molecule has 2 aromatic rings. The van der Waals surface area contributed by atoms with Crippen LogP contribution in [-0.4, -0.2) is 20.9 Å². The van der Waals surface area contributed by atoms with E-state index in [9.17, 15) is 25.1 Å². The second kappa shape index (κ2) is 4.88. The Morgan fingerprint density at radius 2 is 1.86 bits per heavy atom. The molecule has 0 amide bonds. The third-order valence-electron chi connectivity index (χ3n) is 3.21. The molecule has 0 bridgehead atoms. The Morgan fingerprint density at radius 1 is 1.14 bits per heavy atom. The predicted octanol–water partition coefficient (Wildman–Crippen LogP) is 2.62. The maximum absolute atomic E-state index is 12.2. The number of phenolic OH excluding ortho intramolecular Hbond substituents is 2. The molecular formula is C15H9NO6. The molecule has 0 fully saturated rings. The van der Waals surface area contributed by atoms with Crippen molar-refractivity contribution in [1.82, 2.24) is 0 Å². The van der Waals surface area contributed by atoms with Crippen molar-refractivity contribution in [1.29, 1.82) is 0 Å². The van der Waals surface area contributed by atoms with Crippen molar-refractivity contribution in [3.63, 3.8) is 0 Å². The van der Waals surface area contributed by atoms with Crippen molar-refractivity contribution >= 4 is 17.5 Å². The van der Waals surface area contributed by atoms with Crippen LogP contribution in [0.15, 0.2) is 42.2 Å². The number of rotatable bonds is 2. The smallest absolute Gasteiger partial charge is 0.276 e. The molecule has 3 rings (SSSR count). The van der Waals surface area contributed by atoms with Gasteiger partial charge in [-0.3, -0.25) is 14.9 Å². The number of para-hydroxylation sites is 1. The summed E-state index contributed by atoms with van der Waals surface area (Å²) in [7, 11) is 0. The number of Topliss-reactive ketones (excluding diaryl/α,β-unsaturated/α-hetero) is 1. The minimum Gasteiger partial charge on any atom is -0.504 e. The zero-order chi connectivity index (χ0) is 15.9. The van der Waals surface area contributed by atoms with Crippen LogP contribution in [0.4, 0.5) is 5.69 Å². The monoisotopic (exact) mass is 299 g/mol. The van der Waals surface area contributed by atoms with Gasteiger partial charge in [0.05, 0.1) is 16.1 Å². The molecule has 0 aliphatic carbocycles. The summed E-state index contributed by atoms with van der Waals surface area (Å²) >= 11 is 0. The van der Waals surface area contributed by atoms with E-state index in [-0.39, 0.29) is 28.3 Å². The summed E-state index contributed by atoms with van der Waals surface area (Å²) in [6.45, 7) is 0. The molecule has 0 spiro atoms. The summed E-state index contributed by atoms with van der Waals surface area (Å²) < 4.78 is 5.25. The van der Waals surface area contributed by atoms with Gasteiger partial charge in [0.1, 0.15) is 0 Å². The van der Waals surface area contributed by atoms with Crippen molar-refractivity contribution in [2.45, 2.75) is 0 Å². The highest BCUT2D eigenvalue weighted by atomic mass is 16.6. The number of benzene rings is 2. The Hall–Kier alpha value is -3.35. The largest absolute Gasteiger partial charge is 0.504 e. The molecule has 0 saturated carbocycles. The summed E-state index contributed by atoms with van der Waals surface area (Å²) in [6, 6.07) is 8.37. The van der Waals surface area contributed by atoms with Gasteiger partial charge in [-0.1, -0.05) is 12.1 Å². The molecule has 2 aromatic carbocycles. The molecule has 7 heteroatoms. The van der Waals surface area contributed by atoms with Crippen molar-refractivity contribution in [3.8, 4) is 17.2 Å². The van der Waals surface area contributed by atoms with E-state index in [1.165, 1.54) is 36.4 Å². The number of fused-ring (bicyclic) bond motifs is 1. The van der Waals surface area contributed by atoms with Gasteiger partial charge in [-0.05, 0) is 24.3 Å². The van der Waals surface area contributed by atoms with E-state index in [1.807, 2.05) is 0 Å². The first-order valence-electron chi connectivity index (χ1n) is 6.21. The second-order valence-electron chi connectivity index (χ2n) is 4.57. The molecule has 1 aliphatic heterocycles. The van der Waals surface area contributed by atoms with E-state index in [0.717, 1.165) is 0 Å². The number of ketones is 1. The van der Waals surface area contributed by atoms with Crippen LogP contribution in [0.3, 0.4) is 0 Å². The van der Waals surface area contributed by atoms with Gasteiger partial charge in [0, 0.05) is 6.07 Å². The summed E-state index contributed by atoms with van der Waals surface area (Å²) in [5.74, 6) is -1.81. The number of carbonyl (C=O) groups excluding carboxylic acids is 1. The number of nitro groups is 1. The highest BCUT2D eigenvalue weighted by Crippen LogP contribution is 2.44. The number of phenols is 2. The third kappa shape index (κ3) is 2.05. The van der Waals surface area contributed by atoms with Gasteiger partial charge in [0.25, 0.3) is 5.69 Å². The van der Waals surface area contributed by atoms with E-state index in [0.29, 0.717) is 0 Å². The third-order valence-corrected chi connectivity index (χ3v) is 3.21. The predicted molar refractivity (Wildman–Crippen MR) is 75.8 cm³/mol. The highest BCUT2D eigenvalue weighted by Gasteiger charge is 2.31. The van der Waals surface area contributed by atoms with Crippen LogP contribution < -0.4 is 4.74 Å². The Balaban J connectivity index is 2.08. The van der Waals surface area contributed by atoms with Gasteiger partial charge >= 0.3 is 0 Å². The lowest BCUT2D eigenvalue weighted by atomic mass is 10.1. The molecule has 1 heterocycles. The van der Waals surface area contributed by atoms with Crippen LogP contribution in [-0.2, 0) is 0 Å². The van der Waals surface area contributed by atoms with Gasteiger partial charge in [0.15, 0.2) is 17.3 Å². The van der Waals surface area contributed by atoms with E-state index >= 15 is 0 Å². The van der Waals surface area contributed by atoms with E-state index in [4.69, 9.17) is 4.74 Å². The number of hydrogen-bond acceptors (Lipinski definition) is 6. The number of carbonyl (C=O) groups is 1. The standard InChI is InChI=1S/C15H9NO6/c17-11-6-5-9-13(18)12(22-15(9)14(11)19)7-8-3-1-2-4-10(8)16(20)21/h1-7,17,19H/b12-7+. The fourth-order valence-corrected chi connectivity index (χ4v) is 2.14. The topological polar surface area (TPSA) is 110 Å². The molecule has 22 heavy (non-hydrogen) atoms. The maximum atomic E-state index is 12.2. The molecule has 0 aromatic heterocycles. The molecule has 7 nitrogen and oxygen atoms in total. The van der Waals surface area contributed by atoms with Crippen molar-refractivity contribution < 1.29 is 24.7 Å². The van der Waals surface area contributed by atoms with Crippen molar-refractivity contribution in [2.75, 3.05) is 0 Å². The Kier molecular flexibility index (Phi) is 3.03. The van der Waals surface area contributed by atoms with Gasteiger partial charge in [0.2, 0.25) is 11.5 Å². The summed E-state index contributed by atoms with van der Waals surface area (Å²) in [5, 5.41) is 30.1. The van der Waals surface area contributed by atoms with Crippen LogP contribution in [0.25, 0.3) is 6.08 Å². The Bertz CT molecular complexity index is 840. The lowest BCUT2D eigenvalue weighted by Crippen LogP contribution is -1.99. The zero-order valence-electron chi connectivity index (χ0n) is 11.0. The molecule has 1 aliphatic rings. The van der Waals surface area contributed by atoms with Gasteiger partial charge in [-0.15, -0.1) is 0 Å². The Labute approximate surface area is 123 Å². The van der Waals surface area contributed by atoms with E-state index in [2.05, 4.69) is 0 Å². The van der Waals surface area contributed by atoms with Crippen LogP contribution >= 0.6 is 0 Å². The van der Waals surface area contributed by atoms with Crippen LogP contribution in [0, 0.1) is 10.1 Å². The minimum atomic E-state index is -0.567. The molecular weight excluding hydrogens is 290 g/mol. The van der Waals surface area contributed by atoms with Crippen molar-refractivity contribution in [2.24, 2.45) is 0 Å². The number of ether oxygens (including phenoxy) is 1. The summed E-state index contributed by atoms with van der Waals surface area (Å²) in [4.78, 5) is 22.6. The quantitative estimate of drug-likeness (QED) is 0.382. The lowest BCUT2D eigenvalue weighted by molar-refractivity contribution is -0.385. The average Bonchev–Trinajstić information content (AvgIpc) is 2.81. The molecule has 0 saturated heterocycles. The van der Waals surface area contributed by atoms with Crippen LogP contribution in [0.1, 0.15) is 15.9 Å². The Morgan fingerprint density at radius 3 is 2.59 bits per heavy atom. The molecule has 110 valence electrons. The first kappa shape index (κ1) is 13.6. The van der Waals surface area contributed by atoms with Gasteiger partial charge in [-0.25, -0.2) is 0 Å². The lowest BCUT2D eigenvalue weighted by Gasteiger charge is -2.02. The van der Waals surface area contributed by atoms with E-state index < -0.39 is 22.2 Å². The van der Waals surface area contributed by atoms with Gasteiger partial charge < -0.3 is 14.9 Å². The SMILES string of the molecule is O=C1/C(=C\c2ccccc2[N+](=O)[O-])Oc2c1ccc(O)c2O. The number of nitrogens with zero attached hydrogens (tertiary/aromatic N) is 1. The number of hydrogen-bond donors (Lipinski definition) is 2. The summed E-state index contributed by atoms with van der Waals surface area (Å²) in [5.41, 5.74) is 0.113. The van der Waals surface area contributed by atoms with Crippen LogP contribution in [0.5, 0.6) is 17.2 Å². The van der Waals surface area contributed by atoms with Gasteiger partial charge in [-0.2, -0.15) is 0 Å². The van der Waals surface area contributed by atoms with Crippen molar-refractivity contribution in [3.05, 3.63) is 63.4 Å². The second-order valence-corrected chi connectivity index (χ2v) is 4.57. The zero-order valence-corrected chi connectivity index (χ0v) is 11.0. The number of allylic oxidation sites excluding steroid dienone is 1. The molecule has 0 unspecified atom stereocenters. The molecule has 2 N–H and O–H groups in total. The number of aromatic hydroxyl groups is 2. The normalized spacial score (nSPS) is 14.7. The van der Waals surface area contributed by atoms with E-state index in [1.54, 1.807) is 6.07 Å². The van der Waals surface area contributed by atoms with Crippen LogP contribution in [0.2, 0.25) is 0 Å².